The van der Waals surface area contributed by atoms with Gasteiger partial charge in [0.05, 0.1) is 18.5 Å². The molecule has 2 aromatic rings. The van der Waals surface area contributed by atoms with Gasteiger partial charge in [0, 0.05) is 28.5 Å². The SMILES string of the molecule is CC(=O)N1CCc2c(sc(NC(=O)Cc3ccc(SC(C)C)cc3)c2C#N)C1. The van der Waals surface area contributed by atoms with E-state index in [9.17, 15) is 14.9 Å². The molecule has 0 unspecified atom stereocenters. The number of amides is 2. The Hall–Kier alpha value is -2.30. The summed E-state index contributed by atoms with van der Waals surface area (Å²) in [5.74, 6) is -0.106. The number of carbonyl (C=O) groups excluding carboxylic acids is 2. The van der Waals surface area contributed by atoms with E-state index in [2.05, 4.69) is 25.2 Å². The predicted molar refractivity (Wildman–Crippen MR) is 114 cm³/mol. The van der Waals surface area contributed by atoms with E-state index in [0.717, 1.165) is 16.0 Å². The third kappa shape index (κ3) is 4.75. The van der Waals surface area contributed by atoms with Crippen LogP contribution in [-0.4, -0.2) is 28.5 Å². The van der Waals surface area contributed by atoms with Crippen molar-refractivity contribution in [2.24, 2.45) is 0 Å². The van der Waals surface area contributed by atoms with Gasteiger partial charge < -0.3 is 10.2 Å². The molecule has 1 aliphatic rings. The van der Waals surface area contributed by atoms with Gasteiger partial charge in [0.25, 0.3) is 0 Å². The van der Waals surface area contributed by atoms with Crippen molar-refractivity contribution in [3.63, 3.8) is 0 Å². The summed E-state index contributed by atoms with van der Waals surface area (Å²) in [4.78, 5) is 28.1. The van der Waals surface area contributed by atoms with Crippen molar-refractivity contribution in [1.82, 2.24) is 4.90 Å². The van der Waals surface area contributed by atoms with E-state index in [-0.39, 0.29) is 18.2 Å². The zero-order chi connectivity index (χ0) is 20.3. The van der Waals surface area contributed by atoms with Crippen LogP contribution >= 0.6 is 23.1 Å². The Bertz CT molecular complexity index is 926. The van der Waals surface area contributed by atoms with Gasteiger partial charge in [0.15, 0.2) is 0 Å². The van der Waals surface area contributed by atoms with Crippen LogP contribution in [0.4, 0.5) is 5.00 Å². The van der Waals surface area contributed by atoms with Gasteiger partial charge in [0.1, 0.15) is 11.1 Å². The summed E-state index contributed by atoms with van der Waals surface area (Å²) >= 11 is 3.19. The Morgan fingerprint density at radius 3 is 2.64 bits per heavy atom. The number of nitrogens with zero attached hydrogens (tertiary/aromatic N) is 2. The van der Waals surface area contributed by atoms with Gasteiger partial charge in [-0.15, -0.1) is 23.1 Å². The van der Waals surface area contributed by atoms with Crippen LogP contribution in [0.25, 0.3) is 0 Å². The number of carbonyl (C=O) groups is 2. The second-order valence-corrected chi connectivity index (χ2v) is 9.80. The van der Waals surface area contributed by atoms with Crippen LogP contribution < -0.4 is 5.32 Å². The van der Waals surface area contributed by atoms with Crippen LogP contribution in [0.3, 0.4) is 0 Å². The molecule has 146 valence electrons. The van der Waals surface area contributed by atoms with E-state index < -0.39 is 0 Å². The molecule has 28 heavy (non-hydrogen) atoms. The monoisotopic (exact) mass is 413 g/mol. The van der Waals surface area contributed by atoms with Crippen molar-refractivity contribution in [2.75, 3.05) is 11.9 Å². The minimum atomic E-state index is -0.136. The molecule has 1 aromatic heterocycles. The maximum absolute atomic E-state index is 12.5. The number of fused-ring (bicyclic) bond motifs is 1. The topological polar surface area (TPSA) is 73.2 Å². The zero-order valence-corrected chi connectivity index (χ0v) is 17.9. The van der Waals surface area contributed by atoms with E-state index in [1.54, 1.807) is 23.6 Å². The Morgan fingerprint density at radius 1 is 1.32 bits per heavy atom. The molecule has 2 amide bonds. The number of benzene rings is 1. The minimum absolute atomic E-state index is 0.0298. The van der Waals surface area contributed by atoms with Crippen molar-refractivity contribution >= 4 is 39.9 Å². The molecule has 0 bridgehead atoms. The summed E-state index contributed by atoms with van der Waals surface area (Å²) in [5, 5.41) is 13.6. The van der Waals surface area contributed by atoms with Gasteiger partial charge in [-0.1, -0.05) is 26.0 Å². The number of thiophene rings is 1. The lowest BCUT2D eigenvalue weighted by Gasteiger charge is -2.25. The normalized spacial score (nSPS) is 13.2. The fourth-order valence-electron chi connectivity index (χ4n) is 3.19. The van der Waals surface area contributed by atoms with E-state index in [1.807, 2.05) is 24.3 Å². The lowest BCUT2D eigenvalue weighted by molar-refractivity contribution is -0.129. The van der Waals surface area contributed by atoms with Gasteiger partial charge in [-0.25, -0.2) is 0 Å². The number of nitriles is 1. The highest BCUT2D eigenvalue weighted by Crippen LogP contribution is 2.36. The summed E-state index contributed by atoms with van der Waals surface area (Å²) in [6, 6.07) is 10.2. The third-order valence-electron chi connectivity index (χ3n) is 4.53. The van der Waals surface area contributed by atoms with Gasteiger partial charge in [0.2, 0.25) is 11.8 Å². The zero-order valence-electron chi connectivity index (χ0n) is 16.2. The summed E-state index contributed by atoms with van der Waals surface area (Å²) in [6.45, 7) is 6.97. The molecule has 0 saturated carbocycles. The number of hydrogen-bond acceptors (Lipinski definition) is 5. The van der Waals surface area contributed by atoms with Gasteiger partial charge in [-0.05, 0) is 29.7 Å². The minimum Gasteiger partial charge on any atom is -0.337 e. The molecule has 0 saturated heterocycles. The number of thioether (sulfide) groups is 1. The second kappa shape index (κ2) is 8.80. The molecule has 5 nitrogen and oxygen atoms in total. The van der Waals surface area contributed by atoms with Crippen LogP contribution in [0.2, 0.25) is 0 Å². The van der Waals surface area contributed by atoms with Crippen LogP contribution in [-0.2, 0) is 29.0 Å². The molecule has 7 heteroatoms. The maximum atomic E-state index is 12.5. The second-order valence-electron chi connectivity index (χ2n) is 7.05. The van der Waals surface area contributed by atoms with Gasteiger partial charge in [-0.3, -0.25) is 9.59 Å². The highest BCUT2D eigenvalue weighted by Gasteiger charge is 2.26. The summed E-state index contributed by atoms with van der Waals surface area (Å²) < 4.78 is 0. The number of anilines is 1. The van der Waals surface area contributed by atoms with E-state index in [1.165, 1.54) is 16.2 Å². The average Bonchev–Trinajstić information content (AvgIpc) is 2.98. The lowest BCUT2D eigenvalue weighted by atomic mass is 10.0. The fraction of sp³-hybridized carbons (Fsp3) is 0.381. The van der Waals surface area contributed by atoms with Crippen LogP contribution in [0, 0.1) is 11.3 Å². The van der Waals surface area contributed by atoms with Gasteiger partial charge in [-0.2, -0.15) is 5.26 Å². The predicted octanol–water partition coefficient (Wildman–Crippen LogP) is 4.21. The first-order valence-electron chi connectivity index (χ1n) is 9.23. The molecule has 1 aromatic carbocycles. The summed E-state index contributed by atoms with van der Waals surface area (Å²) in [5.41, 5.74) is 2.45. The molecular weight excluding hydrogens is 390 g/mol. The molecule has 3 rings (SSSR count). The summed E-state index contributed by atoms with van der Waals surface area (Å²) in [6.07, 6.45) is 0.915. The molecule has 1 aliphatic heterocycles. The van der Waals surface area contributed by atoms with Crippen LogP contribution in [0.15, 0.2) is 29.2 Å². The Morgan fingerprint density at radius 2 is 2.04 bits per heavy atom. The highest BCUT2D eigenvalue weighted by molar-refractivity contribution is 7.99. The first-order chi connectivity index (χ1) is 13.4. The first-order valence-corrected chi connectivity index (χ1v) is 10.9. The van der Waals surface area contributed by atoms with E-state index in [0.29, 0.717) is 35.3 Å². The average molecular weight is 414 g/mol. The maximum Gasteiger partial charge on any atom is 0.229 e. The molecular formula is C21H23N3O2S2. The van der Waals surface area contributed by atoms with Crippen LogP contribution in [0.1, 0.15) is 42.3 Å². The highest BCUT2D eigenvalue weighted by atomic mass is 32.2. The number of rotatable bonds is 5. The lowest BCUT2D eigenvalue weighted by Crippen LogP contribution is -2.33. The van der Waals surface area contributed by atoms with Crippen molar-refractivity contribution in [3.05, 3.63) is 45.8 Å². The van der Waals surface area contributed by atoms with Crippen molar-refractivity contribution in [3.8, 4) is 6.07 Å². The molecule has 1 N–H and O–H groups in total. The molecule has 0 spiro atoms. The Balaban J connectivity index is 1.69. The van der Waals surface area contributed by atoms with Crippen LogP contribution in [0.5, 0.6) is 0 Å². The molecule has 0 radical (unpaired) electrons. The van der Waals surface area contributed by atoms with Crippen molar-refractivity contribution < 1.29 is 9.59 Å². The van der Waals surface area contributed by atoms with Crippen molar-refractivity contribution in [1.29, 1.82) is 5.26 Å². The van der Waals surface area contributed by atoms with E-state index in [4.69, 9.17) is 0 Å². The molecule has 2 heterocycles. The molecule has 0 fully saturated rings. The molecule has 0 aliphatic carbocycles. The molecule has 0 atom stereocenters. The first kappa shape index (κ1) is 20.4. The van der Waals surface area contributed by atoms with E-state index >= 15 is 0 Å². The standard InChI is InChI=1S/C21H23N3O2S2/c1-13(2)27-16-6-4-15(5-7-16)10-20(26)23-21-18(11-22)17-8-9-24(14(3)25)12-19(17)28-21/h4-7,13H,8-10,12H2,1-3H3,(H,23,26). The van der Waals surface area contributed by atoms with Gasteiger partial charge >= 0.3 is 0 Å². The quantitative estimate of drug-likeness (QED) is 0.746. The third-order valence-corrected chi connectivity index (χ3v) is 6.67. The largest absolute Gasteiger partial charge is 0.337 e. The number of hydrogen-bond donors (Lipinski definition) is 1. The van der Waals surface area contributed by atoms with Crippen molar-refractivity contribution in [2.45, 2.75) is 50.3 Å². The Kier molecular flexibility index (Phi) is 6.42. The number of nitrogens with one attached hydrogen (secondary N) is 1. The smallest absolute Gasteiger partial charge is 0.229 e. The fourth-order valence-corrected chi connectivity index (χ4v) is 5.26. The Labute approximate surface area is 173 Å². The summed E-state index contributed by atoms with van der Waals surface area (Å²) in [7, 11) is 0.